The van der Waals surface area contributed by atoms with Crippen molar-refractivity contribution in [3.05, 3.63) is 60.3 Å². The molecule has 0 radical (unpaired) electrons. The van der Waals surface area contributed by atoms with Crippen molar-refractivity contribution in [1.29, 1.82) is 0 Å². The number of nitro groups is 1. The number of nitro benzene ring substituents is 1. The molecule has 2 aromatic rings. The van der Waals surface area contributed by atoms with Crippen molar-refractivity contribution in [2.45, 2.75) is 6.61 Å². The van der Waals surface area contributed by atoms with Gasteiger partial charge in [0.1, 0.15) is 11.8 Å². The molecule has 0 aliphatic rings. The average molecular weight is 368 g/mol. The van der Waals surface area contributed by atoms with Crippen molar-refractivity contribution in [3.63, 3.8) is 0 Å². The van der Waals surface area contributed by atoms with Gasteiger partial charge in [-0.15, -0.1) is 0 Å². The third kappa shape index (κ3) is 3.89. The second-order valence-electron chi connectivity index (χ2n) is 3.84. The Morgan fingerprint density at radius 2 is 1.76 bits per heavy atom. The van der Waals surface area contributed by atoms with Gasteiger partial charge in [0.15, 0.2) is 5.75 Å². The van der Waals surface area contributed by atoms with Gasteiger partial charge < -0.3 is 4.74 Å². The molecule has 0 saturated carbocycles. The van der Waals surface area contributed by atoms with Gasteiger partial charge in [-0.2, -0.15) is 0 Å². The van der Waals surface area contributed by atoms with Crippen LogP contribution < -0.4 is 4.74 Å². The van der Waals surface area contributed by atoms with Gasteiger partial charge in [0, 0.05) is 12.1 Å². The van der Waals surface area contributed by atoms with E-state index in [4.69, 9.17) is 51.1 Å². The molecule has 1 aromatic carbocycles. The van der Waals surface area contributed by atoms with Crippen molar-refractivity contribution < 1.29 is 9.66 Å². The van der Waals surface area contributed by atoms with E-state index >= 15 is 0 Å². The molecule has 0 aliphatic heterocycles. The molecule has 1 heterocycles. The van der Waals surface area contributed by atoms with Gasteiger partial charge >= 0.3 is 5.69 Å². The Morgan fingerprint density at radius 1 is 1.10 bits per heavy atom. The van der Waals surface area contributed by atoms with Crippen LogP contribution in [-0.4, -0.2) is 9.91 Å². The fraction of sp³-hybridized carbons (Fsp3) is 0.0833. The molecule has 9 heteroatoms. The summed E-state index contributed by atoms with van der Waals surface area (Å²) < 4.78 is 5.37. The molecule has 0 fully saturated rings. The summed E-state index contributed by atoms with van der Waals surface area (Å²) in [5.41, 5.74) is 0.0482. The summed E-state index contributed by atoms with van der Waals surface area (Å²) in [6, 6.07) is 5.46. The van der Waals surface area contributed by atoms with Gasteiger partial charge in [-0.1, -0.05) is 46.4 Å². The summed E-state index contributed by atoms with van der Waals surface area (Å²) >= 11 is 23.3. The molecule has 0 N–H and O–H groups in total. The van der Waals surface area contributed by atoms with Crippen LogP contribution in [0.2, 0.25) is 20.2 Å². The van der Waals surface area contributed by atoms with Crippen molar-refractivity contribution in [2.75, 3.05) is 0 Å². The Balaban J connectivity index is 2.29. The minimum absolute atomic E-state index is 0.0350. The van der Waals surface area contributed by atoms with Crippen molar-refractivity contribution in [3.8, 4) is 5.75 Å². The molecule has 5 nitrogen and oxygen atoms in total. The zero-order chi connectivity index (χ0) is 15.6. The molecular formula is C12H6Cl4N2O3. The second kappa shape index (κ2) is 6.66. The SMILES string of the molecule is O=[N+]([O-])c1cc(Cl)c(Cl)cc1OCc1nc(Cl)ccc1Cl. The third-order valence-electron chi connectivity index (χ3n) is 2.45. The number of hydrogen-bond donors (Lipinski definition) is 0. The summed E-state index contributed by atoms with van der Waals surface area (Å²) in [6.45, 7) is -0.0990. The zero-order valence-electron chi connectivity index (χ0n) is 10.1. The molecule has 110 valence electrons. The van der Waals surface area contributed by atoms with E-state index in [0.29, 0.717) is 10.7 Å². The fourth-order valence-electron chi connectivity index (χ4n) is 1.48. The van der Waals surface area contributed by atoms with Gasteiger partial charge in [-0.25, -0.2) is 4.98 Å². The predicted molar refractivity (Wildman–Crippen MR) is 81.7 cm³/mol. The van der Waals surface area contributed by atoms with Crippen LogP contribution in [0.25, 0.3) is 0 Å². The lowest BCUT2D eigenvalue weighted by molar-refractivity contribution is -0.385. The number of hydrogen-bond acceptors (Lipinski definition) is 4. The van der Waals surface area contributed by atoms with Crippen LogP contribution >= 0.6 is 46.4 Å². The molecule has 0 amide bonds. The first-order valence-electron chi connectivity index (χ1n) is 5.45. The molecule has 0 aliphatic carbocycles. The van der Waals surface area contributed by atoms with E-state index in [2.05, 4.69) is 4.98 Å². The molecule has 0 saturated heterocycles. The van der Waals surface area contributed by atoms with Crippen LogP contribution in [0.3, 0.4) is 0 Å². The first-order chi connectivity index (χ1) is 9.88. The van der Waals surface area contributed by atoms with Gasteiger partial charge in [0.05, 0.1) is 25.7 Å². The van der Waals surface area contributed by atoms with E-state index in [-0.39, 0.29) is 33.2 Å². The van der Waals surface area contributed by atoms with E-state index in [9.17, 15) is 10.1 Å². The maximum absolute atomic E-state index is 11.0. The third-order valence-corrected chi connectivity index (χ3v) is 3.72. The van der Waals surface area contributed by atoms with Gasteiger partial charge in [-0.05, 0) is 12.1 Å². The van der Waals surface area contributed by atoms with Crippen LogP contribution in [0.15, 0.2) is 24.3 Å². The normalized spacial score (nSPS) is 10.5. The summed E-state index contributed by atoms with van der Waals surface area (Å²) in [6.07, 6.45) is 0. The Bertz CT molecular complexity index is 709. The maximum atomic E-state index is 11.0. The minimum atomic E-state index is -0.620. The first-order valence-corrected chi connectivity index (χ1v) is 6.97. The van der Waals surface area contributed by atoms with Gasteiger partial charge in [0.25, 0.3) is 0 Å². The standard InChI is InChI=1S/C12H6Cl4N2O3/c13-6-1-2-12(16)17-9(6)5-21-11-4-8(15)7(14)3-10(11)18(19)20/h1-4H,5H2. The lowest BCUT2D eigenvalue weighted by Gasteiger charge is -2.09. The molecular weight excluding hydrogens is 362 g/mol. The van der Waals surface area contributed by atoms with Crippen molar-refractivity contribution in [2.24, 2.45) is 0 Å². The van der Waals surface area contributed by atoms with E-state index in [1.807, 2.05) is 0 Å². The van der Waals surface area contributed by atoms with Crippen LogP contribution in [-0.2, 0) is 6.61 Å². The number of pyridine rings is 1. The minimum Gasteiger partial charge on any atom is -0.480 e. The highest BCUT2D eigenvalue weighted by Crippen LogP contribution is 2.36. The number of nitrogens with zero attached hydrogens (tertiary/aromatic N) is 2. The summed E-state index contributed by atoms with van der Waals surface area (Å²) in [5.74, 6) is -0.0350. The number of rotatable bonds is 4. The van der Waals surface area contributed by atoms with Crippen LogP contribution in [0, 0.1) is 10.1 Å². The van der Waals surface area contributed by atoms with Crippen LogP contribution in [0.1, 0.15) is 5.69 Å². The van der Waals surface area contributed by atoms with E-state index in [1.54, 1.807) is 6.07 Å². The molecule has 21 heavy (non-hydrogen) atoms. The van der Waals surface area contributed by atoms with Crippen LogP contribution in [0.4, 0.5) is 5.69 Å². The summed E-state index contributed by atoms with van der Waals surface area (Å²) in [5, 5.41) is 11.8. The summed E-state index contributed by atoms with van der Waals surface area (Å²) in [4.78, 5) is 14.3. The highest BCUT2D eigenvalue weighted by Gasteiger charge is 2.19. The quantitative estimate of drug-likeness (QED) is 0.424. The fourth-order valence-corrected chi connectivity index (χ4v) is 2.12. The molecule has 2 rings (SSSR count). The van der Waals surface area contributed by atoms with E-state index < -0.39 is 4.92 Å². The second-order valence-corrected chi connectivity index (χ2v) is 5.45. The molecule has 0 bridgehead atoms. The first kappa shape index (κ1) is 16.1. The largest absolute Gasteiger partial charge is 0.480 e. The van der Waals surface area contributed by atoms with E-state index in [1.165, 1.54) is 12.1 Å². The Morgan fingerprint density at radius 3 is 2.43 bits per heavy atom. The lowest BCUT2D eigenvalue weighted by Crippen LogP contribution is -2.02. The Hall–Kier alpha value is -1.27. The molecule has 0 unspecified atom stereocenters. The van der Waals surface area contributed by atoms with Gasteiger partial charge in [-0.3, -0.25) is 10.1 Å². The number of ether oxygens (including phenoxy) is 1. The topological polar surface area (TPSA) is 65.3 Å². The smallest absolute Gasteiger partial charge is 0.312 e. The van der Waals surface area contributed by atoms with Gasteiger partial charge in [0.2, 0.25) is 0 Å². The number of aromatic nitrogens is 1. The average Bonchev–Trinajstić information content (AvgIpc) is 2.42. The number of benzene rings is 1. The molecule has 0 atom stereocenters. The maximum Gasteiger partial charge on any atom is 0.312 e. The lowest BCUT2D eigenvalue weighted by atomic mass is 10.3. The summed E-state index contributed by atoms with van der Waals surface area (Å²) in [7, 11) is 0. The zero-order valence-corrected chi connectivity index (χ0v) is 13.2. The molecule has 1 aromatic heterocycles. The number of halogens is 4. The van der Waals surface area contributed by atoms with Crippen molar-refractivity contribution >= 4 is 52.1 Å². The molecule has 0 spiro atoms. The van der Waals surface area contributed by atoms with Crippen molar-refractivity contribution in [1.82, 2.24) is 4.98 Å². The predicted octanol–water partition coefficient (Wildman–Crippen LogP) is 5.18. The highest BCUT2D eigenvalue weighted by molar-refractivity contribution is 6.42. The Labute approximate surface area is 139 Å². The Kier molecular flexibility index (Phi) is 5.11. The van der Waals surface area contributed by atoms with Crippen LogP contribution in [0.5, 0.6) is 5.75 Å². The monoisotopic (exact) mass is 366 g/mol. The van der Waals surface area contributed by atoms with E-state index in [0.717, 1.165) is 6.07 Å². The highest BCUT2D eigenvalue weighted by atomic mass is 35.5.